The molecule has 22 heavy (non-hydrogen) atoms. The maximum absolute atomic E-state index is 11.4. The Morgan fingerprint density at radius 1 is 0.909 bits per heavy atom. The second kappa shape index (κ2) is 11.0. The molecule has 0 heterocycles. The molecule has 120 valence electrons. The van der Waals surface area contributed by atoms with Gasteiger partial charge in [-0.25, -0.2) is 0 Å². The first kappa shape index (κ1) is 18.4. The minimum Gasteiger partial charge on any atom is -0.300 e. The Balaban J connectivity index is 2.87. The van der Waals surface area contributed by atoms with Gasteiger partial charge in [-0.1, -0.05) is 76.0 Å². The van der Waals surface area contributed by atoms with Crippen molar-refractivity contribution in [2.45, 2.75) is 65.7 Å². The first-order valence-corrected chi connectivity index (χ1v) is 8.62. The van der Waals surface area contributed by atoms with Crippen LogP contribution in [-0.4, -0.2) is 5.78 Å². The lowest BCUT2D eigenvalue weighted by Crippen LogP contribution is -1.97. The van der Waals surface area contributed by atoms with Crippen molar-refractivity contribution in [1.82, 2.24) is 0 Å². The summed E-state index contributed by atoms with van der Waals surface area (Å²) in [4.78, 5) is 11.4. The van der Waals surface area contributed by atoms with Gasteiger partial charge >= 0.3 is 0 Å². The number of rotatable bonds is 10. The zero-order chi connectivity index (χ0) is 16.2. The number of carbonyl (C=O) groups excluding carboxylic acids is 1. The topological polar surface area (TPSA) is 17.1 Å². The van der Waals surface area contributed by atoms with E-state index >= 15 is 0 Å². The number of allylic oxidation sites excluding steroid dienone is 2. The van der Waals surface area contributed by atoms with Gasteiger partial charge in [-0.3, -0.25) is 4.79 Å². The minimum atomic E-state index is 0.216. The number of ketones is 1. The first-order valence-electron chi connectivity index (χ1n) is 8.62. The molecular formula is C21H30O. The molecule has 0 aromatic heterocycles. The van der Waals surface area contributed by atoms with Gasteiger partial charge in [0.25, 0.3) is 0 Å². The largest absolute Gasteiger partial charge is 0.300 e. The summed E-state index contributed by atoms with van der Waals surface area (Å²) in [7, 11) is 0. The Morgan fingerprint density at radius 3 is 1.82 bits per heavy atom. The van der Waals surface area contributed by atoms with E-state index in [4.69, 9.17) is 0 Å². The number of hydrogen-bond acceptors (Lipinski definition) is 1. The van der Waals surface area contributed by atoms with Crippen molar-refractivity contribution in [2.75, 3.05) is 0 Å². The molecule has 0 atom stereocenters. The first-order chi connectivity index (χ1) is 10.7. The highest BCUT2D eigenvalue weighted by atomic mass is 16.1. The molecule has 0 amide bonds. The Hall–Kier alpha value is -1.63. The third kappa shape index (κ3) is 7.97. The molecule has 0 spiro atoms. The molecule has 1 rings (SSSR count). The van der Waals surface area contributed by atoms with Crippen molar-refractivity contribution in [3.8, 4) is 0 Å². The van der Waals surface area contributed by atoms with E-state index in [1.165, 1.54) is 36.8 Å². The van der Waals surface area contributed by atoms with Crippen LogP contribution in [0.2, 0.25) is 0 Å². The van der Waals surface area contributed by atoms with Gasteiger partial charge in [-0.2, -0.15) is 0 Å². The highest BCUT2D eigenvalue weighted by Gasteiger charge is 2.01. The monoisotopic (exact) mass is 298 g/mol. The van der Waals surface area contributed by atoms with Crippen LogP contribution in [0.1, 0.15) is 76.0 Å². The number of carbonyl (C=O) groups is 1. The van der Waals surface area contributed by atoms with Crippen molar-refractivity contribution < 1.29 is 4.79 Å². The van der Waals surface area contributed by atoms with Gasteiger partial charge in [0.2, 0.25) is 0 Å². The summed E-state index contributed by atoms with van der Waals surface area (Å²) < 4.78 is 0. The van der Waals surface area contributed by atoms with Gasteiger partial charge in [0, 0.05) is 6.42 Å². The second-order valence-corrected chi connectivity index (χ2v) is 5.98. The summed E-state index contributed by atoms with van der Waals surface area (Å²) in [5.41, 5.74) is 3.51. The molecule has 1 aromatic rings. The molecule has 0 saturated heterocycles. The zero-order valence-corrected chi connectivity index (χ0v) is 14.4. The summed E-state index contributed by atoms with van der Waals surface area (Å²) >= 11 is 0. The molecule has 0 bridgehead atoms. The molecule has 0 unspecified atom stereocenters. The Morgan fingerprint density at radius 2 is 1.41 bits per heavy atom. The van der Waals surface area contributed by atoms with E-state index in [1.807, 2.05) is 0 Å². The van der Waals surface area contributed by atoms with Gasteiger partial charge in [-0.05, 0) is 42.5 Å². The SMILES string of the molecule is CCCC/C=C/c1cc(/C=C/CCCC)cc(CC(C)=O)c1. The second-order valence-electron chi connectivity index (χ2n) is 5.98. The summed E-state index contributed by atoms with van der Waals surface area (Å²) in [6, 6.07) is 6.47. The van der Waals surface area contributed by atoms with E-state index in [-0.39, 0.29) is 5.78 Å². The lowest BCUT2D eigenvalue weighted by molar-refractivity contribution is -0.116. The van der Waals surface area contributed by atoms with Crippen LogP contribution >= 0.6 is 0 Å². The van der Waals surface area contributed by atoms with E-state index in [1.54, 1.807) is 6.92 Å². The van der Waals surface area contributed by atoms with Crippen LogP contribution in [0.5, 0.6) is 0 Å². The number of Topliss-reactive ketones (excluding diaryl/α,β-unsaturated/α-hetero) is 1. The quantitative estimate of drug-likeness (QED) is 0.468. The molecule has 0 aliphatic rings. The van der Waals surface area contributed by atoms with Gasteiger partial charge in [-0.15, -0.1) is 0 Å². The Kier molecular flexibility index (Phi) is 9.21. The van der Waals surface area contributed by atoms with Crippen LogP contribution < -0.4 is 0 Å². The molecule has 0 saturated carbocycles. The fourth-order valence-corrected chi connectivity index (χ4v) is 2.41. The van der Waals surface area contributed by atoms with Crippen LogP contribution in [0.3, 0.4) is 0 Å². The Labute approximate surface area is 136 Å². The van der Waals surface area contributed by atoms with Crippen LogP contribution in [0.25, 0.3) is 12.2 Å². The lowest BCUT2D eigenvalue weighted by Gasteiger charge is -2.04. The number of unbranched alkanes of at least 4 members (excludes halogenated alkanes) is 4. The molecule has 0 aliphatic carbocycles. The summed E-state index contributed by atoms with van der Waals surface area (Å²) in [6.45, 7) is 6.07. The predicted octanol–water partition coefficient (Wildman–Crippen LogP) is 6.22. The van der Waals surface area contributed by atoms with Crippen LogP contribution in [0.15, 0.2) is 30.4 Å². The third-order valence-corrected chi connectivity index (χ3v) is 3.56. The fourth-order valence-electron chi connectivity index (χ4n) is 2.41. The van der Waals surface area contributed by atoms with Crippen LogP contribution in [0, 0.1) is 0 Å². The fraction of sp³-hybridized carbons (Fsp3) is 0.476. The van der Waals surface area contributed by atoms with Gasteiger partial charge < -0.3 is 0 Å². The maximum Gasteiger partial charge on any atom is 0.134 e. The van der Waals surface area contributed by atoms with Crippen molar-refractivity contribution >= 4 is 17.9 Å². The normalized spacial score (nSPS) is 11.6. The van der Waals surface area contributed by atoms with Gasteiger partial charge in [0.15, 0.2) is 0 Å². The highest BCUT2D eigenvalue weighted by Crippen LogP contribution is 2.16. The van der Waals surface area contributed by atoms with Crippen molar-refractivity contribution in [2.24, 2.45) is 0 Å². The summed E-state index contributed by atoms with van der Waals surface area (Å²) in [5, 5.41) is 0. The lowest BCUT2D eigenvalue weighted by atomic mass is 10.0. The molecular weight excluding hydrogens is 268 g/mol. The van der Waals surface area contributed by atoms with E-state index in [2.05, 4.69) is 56.4 Å². The van der Waals surface area contributed by atoms with E-state index < -0.39 is 0 Å². The zero-order valence-electron chi connectivity index (χ0n) is 14.4. The molecule has 0 N–H and O–H groups in total. The number of benzene rings is 1. The van der Waals surface area contributed by atoms with Gasteiger partial charge in [0.05, 0.1) is 0 Å². The van der Waals surface area contributed by atoms with Crippen LogP contribution in [-0.2, 0) is 11.2 Å². The number of hydrogen-bond donors (Lipinski definition) is 0. The van der Waals surface area contributed by atoms with Crippen molar-refractivity contribution in [1.29, 1.82) is 0 Å². The molecule has 1 aromatic carbocycles. The minimum absolute atomic E-state index is 0.216. The molecule has 1 heteroatoms. The van der Waals surface area contributed by atoms with Crippen molar-refractivity contribution in [3.05, 3.63) is 47.0 Å². The molecule has 0 aliphatic heterocycles. The predicted molar refractivity (Wildman–Crippen MR) is 97.9 cm³/mol. The van der Waals surface area contributed by atoms with Gasteiger partial charge in [0.1, 0.15) is 5.78 Å². The highest BCUT2D eigenvalue weighted by molar-refractivity contribution is 5.78. The Bertz CT molecular complexity index is 472. The van der Waals surface area contributed by atoms with Crippen LogP contribution in [0.4, 0.5) is 0 Å². The molecule has 1 nitrogen and oxygen atoms in total. The molecule has 0 fully saturated rings. The summed E-state index contributed by atoms with van der Waals surface area (Å²) in [5.74, 6) is 0.216. The standard InChI is InChI=1S/C21H30O/c1-4-6-8-10-12-19-15-20(13-11-9-7-5-2)17-21(16-19)14-18(3)22/h10-13,15-17H,4-9,14H2,1-3H3/b12-10+,13-11+. The molecule has 0 radical (unpaired) electrons. The van der Waals surface area contributed by atoms with E-state index in [0.29, 0.717) is 6.42 Å². The summed E-state index contributed by atoms with van der Waals surface area (Å²) in [6.07, 6.45) is 16.5. The smallest absolute Gasteiger partial charge is 0.134 e. The average Bonchev–Trinajstić information content (AvgIpc) is 2.47. The average molecular weight is 298 g/mol. The van der Waals surface area contributed by atoms with E-state index in [9.17, 15) is 4.79 Å². The van der Waals surface area contributed by atoms with E-state index in [0.717, 1.165) is 18.4 Å². The maximum atomic E-state index is 11.4. The van der Waals surface area contributed by atoms with Crippen molar-refractivity contribution in [3.63, 3.8) is 0 Å². The third-order valence-electron chi connectivity index (χ3n) is 3.56.